The van der Waals surface area contributed by atoms with Crippen molar-refractivity contribution < 1.29 is 17.9 Å². The molecule has 0 aliphatic rings. The molecule has 2 aromatic heterocycles. The average molecular weight is 496 g/mol. The van der Waals surface area contributed by atoms with Crippen LogP contribution in [0.1, 0.15) is 24.5 Å². The lowest BCUT2D eigenvalue weighted by atomic mass is 10.2. The molecule has 34 heavy (non-hydrogen) atoms. The van der Waals surface area contributed by atoms with Crippen molar-refractivity contribution in [2.75, 3.05) is 17.3 Å². The Morgan fingerprint density at radius 2 is 1.85 bits per heavy atom. The van der Waals surface area contributed by atoms with E-state index in [1.54, 1.807) is 47.6 Å². The number of benzene rings is 2. The molecule has 1 amide bonds. The van der Waals surface area contributed by atoms with Gasteiger partial charge in [-0.2, -0.15) is 0 Å². The molecule has 0 spiro atoms. The Kier molecular flexibility index (Phi) is 7.54. The molecular formula is C25H25N3O4S2. The first-order valence-corrected chi connectivity index (χ1v) is 13.5. The van der Waals surface area contributed by atoms with E-state index in [4.69, 9.17) is 4.74 Å². The molecule has 0 atom stereocenters. The second-order valence-electron chi connectivity index (χ2n) is 7.73. The van der Waals surface area contributed by atoms with Crippen LogP contribution in [0.25, 0.3) is 10.2 Å². The second-order valence-corrected chi connectivity index (χ2v) is 10.9. The van der Waals surface area contributed by atoms with Gasteiger partial charge >= 0.3 is 0 Å². The number of sulfone groups is 1. The molecule has 4 rings (SSSR count). The van der Waals surface area contributed by atoms with E-state index in [0.29, 0.717) is 17.3 Å². The van der Waals surface area contributed by atoms with Crippen molar-refractivity contribution in [3.8, 4) is 5.75 Å². The molecule has 2 heterocycles. The monoisotopic (exact) mass is 495 g/mol. The number of carbonyl (C=O) groups excluding carboxylic acids is 1. The Balaban J connectivity index is 1.56. The molecule has 176 valence electrons. The molecule has 0 aliphatic carbocycles. The number of hydrogen-bond acceptors (Lipinski definition) is 7. The highest BCUT2D eigenvalue weighted by Gasteiger charge is 2.23. The average Bonchev–Trinajstić information content (AvgIpc) is 3.25. The molecule has 0 aliphatic heterocycles. The van der Waals surface area contributed by atoms with Crippen molar-refractivity contribution in [2.45, 2.75) is 25.6 Å². The lowest BCUT2D eigenvalue weighted by molar-refractivity contribution is -0.118. The van der Waals surface area contributed by atoms with E-state index in [1.165, 1.54) is 11.3 Å². The fourth-order valence-electron chi connectivity index (χ4n) is 3.48. The summed E-state index contributed by atoms with van der Waals surface area (Å²) in [6, 6.07) is 18.3. The Morgan fingerprint density at radius 3 is 2.59 bits per heavy atom. The third kappa shape index (κ3) is 6.18. The summed E-state index contributed by atoms with van der Waals surface area (Å²) in [7, 11) is -3.45. The third-order valence-electron chi connectivity index (χ3n) is 5.11. The van der Waals surface area contributed by atoms with Gasteiger partial charge in [-0.3, -0.25) is 14.7 Å². The van der Waals surface area contributed by atoms with Crippen LogP contribution in [-0.4, -0.2) is 36.7 Å². The van der Waals surface area contributed by atoms with Gasteiger partial charge in [0.15, 0.2) is 15.0 Å². The van der Waals surface area contributed by atoms with E-state index < -0.39 is 9.84 Å². The molecule has 0 bridgehead atoms. The minimum absolute atomic E-state index is 0.0922. The van der Waals surface area contributed by atoms with E-state index in [0.717, 1.165) is 21.5 Å². The molecule has 0 N–H and O–H groups in total. The van der Waals surface area contributed by atoms with Crippen LogP contribution in [0, 0.1) is 0 Å². The van der Waals surface area contributed by atoms with Crippen LogP contribution < -0.4 is 9.64 Å². The number of amides is 1. The summed E-state index contributed by atoms with van der Waals surface area (Å²) in [6.45, 7) is 2.73. The van der Waals surface area contributed by atoms with Crippen molar-refractivity contribution in [3.05, 3.63) is 84.2 Å². The highest BCUT2D eigenvalue weighted by Crippen LogP contribution is 2.32. The summed E-state index contributed by atoms with van der Waals surface area (Å²) in [5.74, 6) is 0.112. The summed E-state index contributed by atoms with van der Waals surface area (Å²) in [4.78, 5) is 23.6. The van der Waals surface area contributed by atoms with E-state index in [1.807, 2.05) is 37.3 Å². The molecule has 7 nitrogen and oxygen atoms in total. The van der Waals surface area contributed by atoms with Gasteiger partial charge in [0.1, 0.15) is 5.75 Å². The van der Waals surface area contributed by atoms with Crippen LogP contribution in [0.15, 0.2) is 73.1 Å². The second kappa shape index (κ2) is 10.8. The first-order chi connectivity index (χ1) is 16.4. The number of pyridine rings is 1. The molecule has 0 fully saturated rings. The molecular weight excluding hydrogens is 470 g/mol. The number of anilines is 1. The highest BCUT2D eigenvalue weighted by atomic mass is 32.2. The maximum absolute atomic E-state index is 13.3. The van der Waals surface area contributed by atoms with Crippen LogP contribution in [0.2, 0.25) is 0 Å². The topological polar surface area (TPSA) is 89.5 Å². The number of ether oxygens (including phenoxy) is 1. The number of thiazole rings is 1. The van der Waals surface area contributed by atoms with Crippen molar-refractivity contribution in [2.24, 2.45) is 0 Å². The van der Waals surface area contributed by atoms with Gasteiger partial charge in [-0.1, -0.05) is 47.7 Å². The van der Waals surface area contributed by atoms with Crippen molar-refractivity contribution >= 4 is 42.4 Å². The van der Waals surface area contributed by atoms with Gasteiger partial charge in [-0.05, 0) is 42.3 Å². The minimum Gasteiger partial charge on any atom is -0.494 e. The van der Waals surface area contributed by atoms with Gasteiger partial charge < -0.3 is 4.74 Å². The first kappa shape index (κ1) is 23.8. The van der Waals surface area contributed by atoms with Gasteiger partial charge in [-0.15, -0.1) is 0 Å². The lowest BCUT2D eigenvalue weighted by Crippen LogP contribution is -2.32. The SMILES string of the molecule is CCOc1ccc2nc(N(Cc3cccnc3)C(=O)CCS(=O)(=O)Cc3ccccc3)sc2c1. The largest absolute Gasteiger partial charge is 0.494 e. The number of rotatable bonds is 10. The van der Waals surface area contributed by atoms with Crippen molar-refractivity contribution in [1.29, 1.82) is 0 Å². The normalized spacial score (nSPS) is 11.4. The van der Waals surface area contributed by atoms with Crippen molar-refractivity contribution in [1.82, 2.24) is 9.97 Å². The zero-order chi connectivity index (χ0) is 24.0. The molecule has 2 aromatic carbocycles. The number of nitrogens with zero attached hydrogens (tertiary/aromatic N) is 3. The predicted octanol–water partition coefficient (Wildman–Crippen LogP) is 4.63. The molecule has 0 saturated carbocycles. The smallest absolute Gasteiger partial charge is 0.230 e. The summed E-state index contributed by atoms with van der Waals surface area (Å²) in [6.07, 6.45) is 3.22. The fraction of sp³-hybridized carbons (Fsp3) is 0.240. The number of aromatic nitrogens is 2. The number of hydrogen-bond donors (Lipinski definition) is 0. The van der Waals surface area contributed by atoms with Gasteiger partial charge in [0, 0.05) is 18.8 Å². The van der Waals surface area contributed by atoms with Gasteiger partial charge in [-0.25, -0.2) is 13.4 Å². The maximum Gasteiger partial charge on any atom is 0.230 e. The Bertz CT molecular complexity index is 1360. The Hall–Kier alpha value is -3.30. The van der Waals surface area contributed by atoms with Crippen LogP contribution >= 0.6 is 11.3 Å². The molecule has 9 heteroatoms. The molecule has 4 aromatic rings. The Labute approximate surface area is 203 Å². The third-order valence-corrected chi connectivity index (χ3v) is 7.75. The van der Waals surface area contributed by atoms with Crippen LogP contribution in [0.4, 0.5) is 5.13 Å². The summed E-state index contributed by atoms with van der Waals surface area (Å²) in [5.41, 5.74) is 2.29. The predicted molar refractivity (Wildman–Crippen MR) is 135 cm³/mol. The highest BCUT2D eigenvalue weighted by molar-refractivity contribution is 7.90. The summed E-state index contributed by atoms with van der Waals surface area (Å²) >= 11 is 1.37. The zero-order valence-electron chi connectivity index (χ0n) is 18.8. The summed E-state index contributed by atoms with van der Waals surface area (Å²) < 4.78 is 31.8. The standard InChI is InChI=1S/C25H25N3O4S2/c1-2-32-21-10-11-22-23(15-21)33-25(27-22)28(17-20-9-6-13-26-16-20)24(29)12-14-34(30,31)18-19-7-4-3-5-8-19/h3-11,13,15-16H,2,12,14,17-18H2,1H3. The van der Waals surface area contributed by atoms with E-state index >= 15 is 0 Å². The summed E-state index contributed by atoms with van der Waals surface area (Å²) in [5, 5.41) is 0.512. The molecule has 0 saturated heterocycles. The van der Waals surface area contributed by atoms with Gasteiger partial charge in [0.05, 0.1) is 34.9 Å². The first-order valence-electron chi connectivity index (χ1n) is 10.9. The van der Waals surface area contributed by atoms with E-state index in [9.17, 15) is 13.2 Å². The van der Waals surface area contributed by atoms with Gasteiger partial charge in [0.25, 0.3) is 0 Å². The van der Waals surface area contributed by atoms with E-state index in [-0.39, 0.29) is 30.4 Å². The van der Waals surface area contributed by atoms with Crippen LogP contribution in [0.5, 0.6) is 5.75 Å². The molecule has 0 unspecified atom stereocenters. The minimum atomic E-state index is -3.45. The van der Waals surface area contributed by atoms with Crippen LogP contribution in [0.3, 0.4) is 0 Å². The fourth-order valence-corrected chi connectivity index (χ4v) is 5.82. The number of fused-ring (bicyclic) bond motifs is 1. The molecule has 0 radical (unpaired) electrons. The maximum atomic E-state index is 13.3. The van der Waals surface area contributed by atoms with Crippen LogP contribution in [-0.2, 0) is 26.9 Å². The lowest BCUT2D eigenvalue weighted by Gasteiger charge is -2.20. The zero-order valence-corrected chi connectivity index (χ0v) is 20.4. The van der Waals surface area contributed by atoms with Gasteiger partial charge in [0.2, 0.25) is 5.91 Å². The Morgan fingerprint density at radius 1 is 1.06 bits per heavy atom. The quantitative estimate of drug-likeness (QED) is 0.319. The number of carbonyl (C=O) groups is 1. The van der Waals surface area contributed by atoms with E-state index in [2.05, 4.69) is 9.97 Å². The van der Waals surface area contributed by atoms with Crippen molar-refractivity contribution in [3.63, 3.8) is 0 Å².